The first-order valence-electron chi connectivity index (χ1n) is 6.02. The van der Waals surface area contributed by atoms with Gasteiger partial charge in [-0.15, -0.1) is 0 Å². The van der Waals surface area contributed by atoms with Gasteiger partial charge in [-0.05, 0) is 31.9 Å². The Morgan fingerprint density at radius 1 is 1.26 bits per heavy atom. The zero-order chi connectivity index (χ0) is 14.3. The normalized spacial score (nSPS) is 11.4. The molecule has 19 heavy (non-hydrogen) atoms. The van der Waals surface area contributed by atoms with Gasteiger partial charge in [0.2, 0.25) is 0 Å². The van der Waals surface area contributed by atoms with Gasteiger partial charge in [-0.25, -0.2) is 4.39 Å². The van der Waals surface area contributed by atoms with Crippen LogP contribution in [0.15, 0.2) is 18.2 Å². The lowest BCUT2D eigenvalue weighted by Gasteiger charge is -2.09. The fraction of sp³-hybridized carbons (Fsp3) is 0.500. The molecule has 0 saturated heterocycles. The number of ether oxygens (including phenoxy) is 2. The van der Waals surface area contributed by atoms with Gasteiger partial charge in [-0.1, -0.05) is 0 Å². The zero-order valence-electron chi connectivity index (χ0n) is 10.7. The molecule has 0 radical (unpaired) electrons. The Kier molecular flexibility index (Phi) is 6.28. The minimum atomic E-state index is -3.95. The molecular formula is C12H18FO5P. The molecule has 1 aromatic rings. The summed E-state index contributed by atoms with van der Waals surface area (Å²) in [6.07, 6.45) is 0.614. The summed E-state index contributed by atoms with van der Waals surface area (Å²) >= 11 is 0. The smallest absolute Gasteiger partial charge is 0.325 e. The second-order valence-electron chi connectivity index (χ2n) is 3.97. The van der Waals surface area contributed by atoms with Crippen molar-refractivity contribution in [2.75, 3.05) is 19.4 Å². The highest BCUT2D eigenvalue weighted by Crippen LogP contribution is 2.35. The Bertz CT molecular complexity index is 446. The van der Waals surface area contributed by atoms with Crippen molar-refractivity contribution in [1.82, 2.24) is 0 Å². The first-order valence-corrected chi connectivity index (χ1v) is 7.82. The summed E-state index contributed by atoms with van der Waals surface area (Å²) in [5.74, 6) is 0.0365. The molecule has 5 nitrogen and oxygen atoms in total. The largest absolute Gasteiger partial charge is 0.494 e. The van der Waals surface area contributed by atoms with Gasteiger partial charge in [-0.3, -0.25) is 4.57 Å². The van der Waals surface area contributed by atoms with Crippen molar-refractivity contribution in [2.45, 2.75) is 19.8 Å². The van der Waals surface area contributed by atoms with Crippen molar-refractivity contribution in [3.05, 3.63) is 24.0 Å². The maximum atomic E-state index is 13.5. The van der Waals surface area contributed by atoms with Gasteiger partial charge in [0.15, 0.2) is 11.6 Å². The van der Waals surface area contributed by atoms with Crippen LogP contribution in [-0.2, 0) is 4.57 Å². The summed E-state index contributed by atoms with van der Waals surface area (Å²) in [4.78, 5) is 17.3. The van der Waals surface area contributed by atoms with Crippen LogP contribution >= 0.6 is 7.60 Å². The lowest BCUT2D eigenvalue weighted by Crippen LogP contribution is -2.01. The van der Waals surface area contributed by atoms with Crippen LogP contribution in [0.2, 0.25) is 0 Å². The van der Waals surface area contributed by atoms with E-state index in [0.29, 0.717) is 25.2 Å². The number of halogens is 1. The van der Waals surface area contributed by atoms with Crippen molar-refractivity contribution in [2.24, 2.45) is 0 Å². The third-order valence-electron chi connectivity index (χ3n) is 2.32. The van der Waals surface area contributed by atoms with Gasteiger partial charge < -0.3 is 19.3 Å². The molecule has 1 rings (SSSR count). The number of benzene rings is 1. The van der Waals surface area contributed by atoms with Crippen LogP contribution < -0.4 is 9.47 Å². The number of unbranched alkanes of at least 4 members (excludes halogenated alkanes) is 1. The zero-order valence-corrected chi connectivity index (χ0v) is 11.6. The Balaban J connectivity index is 2.35. The molecule has 0 aliphatic carbocycles. The molecule has 2 N–H and O–H groups in total. The van der Waals surface area contributed by atoms with Gasteiger partial charge in [0.05, 0.1) is 13.2 Å². The van der Waals surface area contributed by atoms with Crippen LogP contribution in [0.4, 0.5) is 4.39 Å². The average Bonchev–Trinajstić information content (AvgIpc) is 2.30. The van der Waals surface area contributed by atoms with Gasteiger partial charge in [-0.2, -0.15) is 0 Å². The van der Waals surface area contributed by atoms with Crippen molar-refractivity contribution in [3.63, 3.8) is 0 Å². The first-order chi connectivity index (χ1) is 8.92. The van der Waals surface area contributed by atoms with Crippen LogP contribution in [0.1, 0.15) is 19.8 Å². The number of rotatable bonds is 8. The van der Waals surface area contributed by atoms with E-state index in [0.717, 1.165) is 0 Å². The molecule has 108 valence electrons. The first kappa shape index (κ1) is 16.0. The summed E-state index contributed by atoms with van der Waals surface area (Å²) in [6.45, 7) is 2.48. The molecule has 0 spiro atoms. The predicted molar refractivity (Wildman–Crippen MR) is 69.2 cm³/mol. The lowest BCUT2D eigenvalue weighted by molar-refractivity contribution is 0.289. The molecule has 0 heterocycles. The van der Waals surface area contributed by atoms with E-state index in [1.807, 2.05) is 6.92 Å². The second kappa shape index (κ2) is 7.48. The molecule has 0 saturated carbocycles. The fourth-order valence-corrected chi connectivity index (χ4v) is 2.09. The molecule has 1 aromatic carbocycles. The van der Waals surface area contributed by atoms with Gasteiger partial charge in [0.1, 0.15) is 5.75 Å². The highest BCUT2D eigenvalue weighted by Gasteiger charge is 2.11. The minimum Gasteiger partial charge on any atom is -0.494 e. The van der Waals surface area contributed by atoms with E-state index in [1.165, 1.54) is 12.1 Å². The standard InChI is InChI=1S/C12H18FO5P/c1-2-17-10-5-6-12(11(13)9-10)18-7-3-4-8-19(14,15)16/h5-6,9H,2-4,7-8H2,1H3,(H2,14,15,16). The molecular weight excluding hydrogens is 274 g/mol. The molecule has 0 amide bonds. The molecule has 7 heteroatoms. The second-order valence-corrected chi connectivity index (χ2v) is 5.75. The molecule has 0 aromatic heterocycles. The van der Waals surface area contributed by atoms with E-state index in [4.69, 9.17) is 19.3 Å². The molecule has 0 aliphatic heterocycles. The predicted octanol–water partition coefficient (Wildman–Crippen LogP) is 2.56. The third kappa shape index (κ3) is 6.57. The third-order valence-corrected chi connectivity index (χ3v) is 3.21. The van der Waals surface area contributed by atoms with E-state index in [9.17, 15) is 8.96 Å². The Labute approximate surface area is 111 Å². The van der Waals surface area contributed by atoms with Crippen LogP contribution in [-0.4, -0.2) is 29.2 Å². The quantitative estimate of drug-likeness (QED) is 0.569. The van der Waals surface area contributed by atoms with Crippen LogP contribution in [0.5, 0.6) is 11.5 Å². The summed E-state index contributed by atoms with van der Waals surface area (Å²) in [5.41, 5.74) is 0. The van der Waals surface area contributed by atoms with Gasteiger partial charge in [0, 0.05) is 12.2 Å². The minimum absolute atomic E-state index is 0.111. The molecule has 0 bridgehead atoms. The number of hydrogen-bond donors (Lipinski definition) is 2. The summed E-state index contributed by atoms with van der Waals surface area (Å²) in [6, 6.07) is 4.33. The van der Waals surface area contributed by atoms with Gasteiger partial charge in [0.25, 0.3) is 0 Å². The lowest BCUT2D eigenvalue weighted by atomic mass is 10.3. The fourth-order valence-electron chi connectivity index (χ4n) is 1.46. The monoisotopic (exact) mass is 292 g/mol. The Hall–Kier alpha value is -1.10. The van der Waals surface area contributed by atoms with E-state index in [-0.39, 0.29) is 18.5 Å². The van der Waals surface area contributed by atoms with E-state index in [1.54, 1.807) is 6.07 Å². The Morgan fingerprint density at radius 2 is 2.00 bits per heavy atom. The topological polar surface area (TPSA) is 76.0 Å². The van der Waals surface area contributed by atoms with Crippen molar-refractivity contribution in [1.29, 1.82) is 0 Å². The van der Waals surface area contributed by atoms with E-state index < -0.39 is 13.4 Å². The Morgan fingerprint density at radius 3 is 2.58 bits per heavy atom. The molecule has 0 atom stereocenters. The highest BCUT2D eigenvalue weighted by atomic mass is 31.2. The van der Waals surface area contributed by atoms with Gasteiger partial charge >= 0.3 is 7.60 Å². The summed E-state index contributed by atoms with van der Waals surface area (Å²) in [5, 5.41) is 0. The van der Waals surface area contributed by atoms with Crippen LogP contribution in [0.3, 0.4) is 0 Å². The van der Waals surface area contributed by atoms with E-state index >= 15 is 0 Å². The average molecular weight is 292 g/mol. The maximum absolute atomic E-state index is 13.5. The van der Waals surface area contributed by atoms with Crippen LogP contribution in [0, 0.1) is 5.82 Å². The molecule has 0 fully saturated rings. The van der Waals surface area contributed by atoms with E-state index in [2.05, 4.69) is 0 Å². The summed E-state index contributed by atoms with van der Waals surface area (Å²) in [7, 11) is -3.95. The molecule has 0 aliphatic rings. The van der Waals surface area contributed by atoms with Crippen molar-refractivity contribution < 1.29 is 28.2 Å². The van der Waals surface area contributed by atoms with Crippen molar-refractivity contribution in [3.8, 4) is 11.5 Å². The molecule has 0 unspecified atom stereocenters. The van der Waals surface area contributed by atoms with Crippen LogP contribution in [0.25, 0.3) is 0 Å². The maximum Gasteiger partial charge on any atom is 0.325 e. The highest BCUT2D eigenvalue weighted by molar-refractivity contribution is 7.51. The SMILES string of the molecule is CCOc1ccc(OCCCCP(=O)(O)O)c(F)c1. The summed E-state index contributed by atoms with van der Waals surface area (Å²) < 4.78 is 34.5. The van der Waals surface area contributed by atoms with Crippen molar-refractivity contribution >= 4 is 7.60 Å². The number of hydrogen-bond acceptors (Lipinski definition) is 3.